The summed E-state index contributed by atoms with van der Waals surface area (Å²) in [7, 11) is 0.455. The van der Waals surface area contributed by atoms with Gasteiger partial charge in [0.2, 0.25) is 0 Å². The van der Waals surface area contributed by atoms with E-state index in [0.29, 0.717) is 11.0 Å². The molecule has 0 radical (unpaired) electrons. The van der Waals surface area contributed by atoms with Crippen molar-refractivity contribution >= 4 is 24.5 Å². The summed E-state index contributed by atoms with van der Waals surface area (Å²) in [6.07, 6.45) is 0. The monoisotopic (exact) mass is 258 g/mol. The topological polar surface area (TPSA) is 79.6 Å². The van der Waals surface area contributed by atoms with E-state index in [-0.39, 0.29) is 13.1 Å². The smallest absolute Gasteiger partial charge is 0.494 e. The molecule has 0 aliphatic carbocycles. The molecule has 1 aliphatic heterocycles. The quantitative estimate of drug-likeness (QED) is 0.619. The van der Waals surface area contributed by atoms with Crippen molar-refractivity contribution in [1.29, 1.82) is 5.26 Å². The molecule has 0 atom stereocenters. The highest BCUT2D eigenvalue weighted by Gasteiger charge is 2.35. The molecule has 1 saturated heterocycles. The number of nitrogens with zero attached hydrogens (tertiary/aromatic N) is 2. The standard InChI is InChI=1S/C12H11BN2O4/c1-15-7-11(16)18-13(19-12(17)8-15)10-5-3-2-4-9(10)6-14/h2-5H,7-8H2,1H3. The van der Waals surface area contributed by atoms with Crippen LogP contribution in [0.4, 0.5) is 0 Å². The van der Waals surface area contributed by atoms with Gasteiger partial charge >= 0.3 is 19.1 Å². The predicted octanol–water partition coefficient (Wildman–Crippen LogP) is -0.715. The molecule has 0 amide bonds. The second-order valence-corrected chi connectivity index (χ2v) is 4.18. The van der Waals surface area contributed by atoms with Gasteiger partial charge in [-0.15, -0.1) is 0 Å². The van der Waals surface area contributed by atoms with Crippen molar-refractivity contribution in [3.05, 3.63) is 29.8 Å². The van der Waals surface area contributed by atoms with Crippen LogP contribution >= 0.6 is 0 Å². The Labute approximate surface area is 110 Å². The molecule has 0 saturated carbocycles. The zero-order valence-electron chi connectivity index (χ0n) is 10.3. The number of carbonyl (C=O) groups is 2. The summed E-state index contributed by atoms with van der Waals surface area (Å²) in [5, 5.41) is 9.01. The first-order valence-electron chi connectivity index (χ1n) is 5.66. The zero-order valence-corrected chi connectivity index (χ0v) is 10.3. The fraction of sp³-hybridized carbons (Fsp3) is 0.250. The van der Waals surface area contributed by atoms with Crippen molar-refractivity contribution in [2.24, 2.45) is 0 Å². The maximum atomic E-state index is 11.6. The Balaban J connectivity index is 2.29. The van der Waals surface area contributed by atoms with Crippen LogP contribution in [0.1, 0.15) is 5.56 Å². The van der Waals surface area contributed by atoms with Gasteiger partial charge in [-0.1, -0.05) is 18.2 Å². The van der Waals surface area contributed by atoms with Crippen molar-refractivity contribution in [3.8, 4) is 6.07 Å². The highest BCUT2D eigenvalue weighted by atomic mass is 16.6. The van der Waals surface area contributed by atoms with Gasteiger partial charge < -0.3 is 9.31 Å². The Morgan fingerprint density at radius 1 is 1.21 bits per heavy atom. The summed E-state index contributed by atoms with van der Waals surface area (Å²) < 4.78 is 10.2. The Kier molecular flexibility index (Phi) is 3.83. The summed E-state index contributed by atoms with van der Waals surface area (Å²) in [6.45, 7) is 0.000636. The minimum Gasteiger partial charge on any atom is -0.494 e. The van der Waals surface area contributed by atoms with Crippen LogP contribution in [0.3, 0.4) is 0 Å². The van der Waals surface area contributed by atoms with Gasteiger partial charge in [-0.25, -0.2) is 0 Å². The van der Waals surface area contributed by atoms with E-state index in [9.17, 15) is 9.59 Å². The lowest BCUT2D eigenvalue weighted by molar-refractivity contribution is -0.145. The molecule has 6 nitrogen and oxygen atoms in total. The van der Waals surface area contributed by atoms with E-state index < -0.39 is 19.1 Å². The van der Waals surface area contributed by atoms with Gasteiger partial charge in [0.15, 0.2) is 0 Å². The molecule has 19 heavy (non-hydrogen) atoms. The van der Waals surface area contributed by atoms with Gasteiger partial charge in [-0.05, 0) is 13.1 Å². The van der Waals surface area contributed by atoms with Gasteiger partial charge in [0.25, 0.3) is 0 Å². The molecule has 1 aromatic carbocycles. The lowest BCUT2D eigenvalue weighted by atomic mass is 9.75. The number of likely N-dealkylation sites (N-methyl/N-ethyl adjacent to an activating group) is 1. The van der Waals surface area contributed by atoms with Crippen molar-refractivity contribution in [3.63, 3.8) is 0 Å². The van der Waals surface area contributed by atoms with E-state index in [1.54, 1.807) is 31.3 Å². The van der Waals surface area contributed by atoms with Crippen LogP contribution < -0.4 is 5.46 Å². The average molecular weight is 258 g/mol. The van der Waals surface area contributed by atoms with E-state index in [1.807, 2.05) is 6.07 Å². The zero-order chi connectivity index (χ0) is 13.8. The molecule has 0 bridgehead atoms. The molecule has 2 rings (SSSR count). The molecule has 0 unspecified atom stereocenters. The molecule has 7 heteroatoms. The molecular weight excluding hydrogens is 247 g/mol. The maximum absolute atomic E-state index is 11.6. The van der Waals surface area contributed by atoms with Crippen molar-refractivity contribution in [1.82, 2.24) is 4.90 Å². The third-order valence-corrected chi connectivity index (χ3v) is 2.61. The first-order valence-corrected chi connectivity index (χ1v) is 5.66. The Morgan fingerprint density at radius 3 is 2.37 bits per heavy atom. The highest BCUT2D eigenvalue weighted by molar-refractivity contribution is 6.65. The second kappa shape index (κ2) is 5.54. The van der Waals surface area contributed by atoms with Crippen LogP contribution in [0.2, 0.25) is 0 Å². The summed E-state index contributed by atoms with van der Waals surface area (Å²) in [4.78, 5) is 24.7. The van der Waals surface area contributed by atoms with Crippen LogP contribution in [-0.2, 0) is 18.9 Å². The first kappa shape index (κ1) is 13.1. The Bertz CT molecular complexity index is 535. The summed E-state index contributed by atoms with van der Waals surface area (Å²) in [6, 6.07) is 8.50. The average Bonchev–Trinajstić information content (AvgIpc) is 2.35. The third kappa shape index (κ3) is 3.12. The third-order valence-electron chi connectivity index (χ3n) is 2.61. The van der Waals surface area contributed by atoms with Crippen LogP contribution in [0.5, 0.6) is 0 Å². The number of hydrogen-bond acceptors (Lipinski definition) is 6. The maximum Gasteiger partial charge on any atom is 0.637 e. The molecule has 96 valence electrons. The summed E-state index contributed by atoms with van der Waals surface area (Å²) in [5.74, 6) is -1.01. The van der Waals surface area contributed by atoms with Crippen LogP contribution in [0, 0.1) is 11.3 Å². The number of carbonyl (C=O) groups excluding carboxylic acids is 2. The van der Waals surface area contributed by atoms with Gasteiger partial charge in [0.1, 0.15) is 0 Å². The predicted molar refractivity (Wildman–Crippen MR) is 66.2 cm³/mol. The van der Waals surface area contributed by atoms with E-state index >= 15 is 0 Å². The van der Waals surface area contributed by atoms with Crippen molar-refractivity contribution < 1.29 is 18.9 Å². The number of hydrogen-bond donors (Lipinski definition) is 0. The Morgan fingerprint density at radius 2 is 1.79 bits per heavy atom. The second-order valence-electron chi connectivity index (χ2n) is 4.18. The van der Waals surface area contributed by atoms with Crippen LogP contribution in [-0.4, -0.2) is 44.1 Å². The number of nitriles is 1. The number of rotatable bonds is 1. The lowest BCUT2D eigenvalue weighted by Crippen LogP contribution is -2.48. The SMILES string of the molecule is CN1CC(=O)OB(c2ccccc2C#N)OC(=O)C1. The molecule has 1 aliphatic rings. The molecule has 1 fully saturated rings. The molecule has 1 aromatic rings. The van der Waals surface area contributed by atoms with E-state index in [0.717, 1.165) is 0 Å². The van der Waals surface area contributed by atoms with E-state index in [2.05, 4.69) is 0 Å². The molecule has 1 heterocycles. The van der Waals surface area contributed by atoms with E-state index in [1.165, 1.54) is 4.90 Å². The minimum absolute atomic E-state index is 0.000318. The first-order chi connectivity index (χ1) is 9.10. The Hall–Kier alpha value is -2.33. The fourth-order valence-electron chi connectivity index (χ4n) is 1.77. The van der Waals surface area contributed by atoms with Crippen molar-refractivity contribution in [2.45, 2.75) is 0 Å². The van der Waals surface area contributed by atoms with Gasteiger partial charge in [-0.3, -0.25) is 14.5 Å². The molecular formula is C12H11BN2O4. The summed E-state index contributed by atoms with van der Waals surface area (Å²) in [5.41, 5.74) is 0.679. The number of benzene rings is 1. The largest absolute Gasteiger partial charge is 0.637 e. The van der Waals surface area contributed by atoms with Gasteiger partial charge in [-0.2, -0.15) is 5.26 Å². The normalized spacial score (nSPS) is 16.9. The van der Waals surface area contributed by atoms with Gasteiger partial charge in [0.05, 0.1) is 24.7 Å². The molecule has 0 N–H and O–H groups in total. The molecule has 0 spiro atoms. The highest BCUT2D eigenvalue weighted by Crippen LogP contribution is 2.04. The fourth-order valence-corrected chi connectivity index (χ4v) is 1.77. The lowest BCUT2D eigenvalue weighted by Gasteiger charge is -2.22. The van der Waals surface area contributed by atoms with Gasteiger partial charge in [0, 0.05) is 5.46 Å². The van der Waals surface area contributed by atoms with Crippen molar-refractivity contribution in [2.75, 3.05) is 20.1 Å². The minimum atomic E-state index is -1.16. The molecule has 0 aromatic heterocycles. The van der Waals surface area contributed by atoms with Crippen LogP contribution in [0.25, 0.3) is 0 Å². The van der Waals surface area contributed by atoms with E-state index in [4.69, 9.17) is 14.6 Å². The summed E-state index contributed by atoms with van der Waals surface area (Å²) >= 11 is 0. The van der Waals surface area contributed by atoms with Crippen LogP contribution in [0.15, 0.2) is 24.3 Å².